The average molecular weight is 355 g/mol. The van der Waals surface area contributed by atoms with Crippen molar-refractivity contribution < 1.29 is 4.79 Å². The van der Waals surface area contributed by atoms with Gasteiger partial charge in [-0.3, -0.25) is 0 Å². The van der Waals surface area contributed by atoms with Crippen molar-refractivity contribution in [1.29, 1.82) is 0 Å². The van der Waals surface area contributed by atoms with Gasteiger partial charge in [-0.15, -0.1) is 0 Å². The molecule has 0 spiro atoms. The maximum atomic E-state index is 11.7. The number of nitrogens with two attached hydrogens (primary N) is 1. The molecule has 1 saturated heterocycles. The van der Waals surface area contributed by atoms with Gasteiger partial charge in [0.1, 0.15) is 5.82 Å². The van der Waals surface area contributed by atoms with E-state index in [0.717, 1.165) is 43.3 Å². The van der Waals surface area contributed by atoms with Crippen LogP contribution in [0.3, 0.4) is 0 Å². The van der Waals surface area contributed by atoms with Crippen LogP contribution in [0.4, 0.5) is 22.2 Å². The standard InChI is InChI=1S/C18H25N7O/c1-3-20-18(26)21-14-6-4-5-13(11-14)15-12-16(23-17(19)22-15)25-9-7-24(2)8-10-25/h4-6,11-12H,3,7-10H2,1-2H3,(H2,19,22,23)(H2,20,21,26). The molecule has 0 radical (unpaired) electrons. The van der Waals surface area contributed by atoms with Gasteiger partial charge in [0.05, 0.1) is 5.69 Å². The minimum absolute atomic E-state index is 0.232. The van der Waals surface area contributed by atoms with Gasteiger partial charge in [0.25, 0.3) is 0 Å². The molecule has 0 bridgehead atoms. The number of aromatic nitrogens is 2. The summed E-state index contributed by atoms with van der Waals surface area (Å²) in [6.07, 6.45) is 0. The minimum atomic E-state index is -0.232. The fourth-order valence-corrected chi connectivity index (χ4v) is 2.89. The van der Waals surface area contributed by atoms with Gasteiger partial charge in [-0.25, -0.2) is 9.78 Å². The first-order valence-electron chi connectivity index (χ1n) is 8.78. The maximum Gasteiger partial charge on any atom is 0.319 e. The Labute approximate surface area is 153 Å². The predicted molar refractivity (Wildman–Crippen MR) is 104 cm³/mol. The number of carbonyl (C=O) groups excluding carboxylic acids is 1. The molecular formula is C18H25N7O. The van der Waals surface area contributed by atoms with Crippen LogP contribution in [0.15, 0.2) is 30.3 Å². The van der Waals surface area contributed by atoms with Gasteiger partial charge in [-0.1, -0.05) is 12.1 Å². The van der Waals surface area contributed by atoms with Gasteiger partial charge in [0.15, 0.2) is 0 Å². The van der Waals surface area contributed by atoms with Crippen LogP contribution < -0.4 is 21.3 Å². The minimum Gasteiger partial charge on any atom is -0.368 e. The lowest BCUT2D eigenvalue weighted by atomic mass is 10.1. The van der Waals surface area contributed by atoms with Crippen molar-refractivity contribution in [2.45, 2.75) is 6.92 Å². The predicted octanol–water partition coefficient (Wildman–Crippen LogP) is 1.62. The molecule has 2 amide bonds. The first-order valence-corrected chi connectivity index (χ1v) is 8.78. The number of urea groups is 1. The van der Waals surface area contributed by atoms with Crippen LogP contribution in [0.25, 0.3) is 11.3 Å². The Morgan fingerprint density at radius 1 is 1.19 bits per heavy atom. The van der Waals surface area contributed by atoms with Crippen molar-refractivity contribution >= 4 is 23.5 Å². The number of nitrogens with zero attached hydrogens (tertiary/aromatic N) is 4. The van der Waals surface area contributed by atoms with E-state index in [1.165, 1.54) is 0 Å². The zero-order valence-corrected chi connectivity index (χ0v) is 15.2. The molecule has 0 atom stereocenters. The Bertz CT molecular complexity index is 772. The number of hydrogen-bond acceptors (Lipinski definition) is 6. The normalized spacial score (nSPS) is 14.9. The smallest absolute Gasteiger partial charge is 0.319 e. The summed E-state index contributed by atoms with van der Waals surface area (Å²) in [7, 11) is 2.12. The lowest BCUT2D eigenvalue weighted by Gasteiger charge is -2.33. The second-order valence-electron chi connectivity index (χ2n) is 6.33. The largest absolute Gasteiger partial charge is 0.368 e. The number of amides is 2. The fourth-order valence-electron chi connectivity index (χ4n) is 2.89. The number of rotatable bonds is 4. The van der Waals surface area contributed by atoms with E-state index in [0.29, 0.717) is 12.2 Å². The SMILES string of the molecule is CCNC(=O)Nc1cccc(-c2cc(N3CCN(C)CC3)nc(N)n2)c1. The van der Waals surface area contributed by atoms with Crippen LogP contribution in [0, 0.1) is 0 Å². The first-order chi connectivity index (χ1) is 12.5. The number of hydrogen-bond donors (Lipinski definition) is 3. The molecule has 3 rings (SSSR count). The molecule has 1 aliphatic heterocycles. The van der Waals surface area contributed by atoms with E-state index in [1.54, 1.807) is 0 Å². The zero-order valence-electron chi connectivity index (χ0n) is 15.2. The summed E-state index contributed by atoms with van der Waals surface area (Å²) < 4.78 is 0. The third-order valence-electron chi connectivity index (χ3n) is 4.31. The van der Waals surface area contributed by atoms with E-state index in [-0.39, 0.29) is 12.0 Å². The van der Waals surface area contributed by atoms with Crippen molar-refractivity contribution in [1.82, 2.24) is 20.2 Å². The molecule has 1 fully saturated rings. The quantitative estimate of drug-likeness (QED) is 0.771. The van der Waals surface area contributed by atoms with Gasteiger partial charge in [-0.05, 0) is 26.1 Å². The average Bonchev–Trinajstić information content (AvgIpc) is 2.62. The molecule has 26 heavy (non-hydrogen) atoms. The lowest BCUT2D eigenvalue weighted by molar-refractivity contribution is 0.252. The Morgan fingerprint density at radius 2 is 1.96 bits per heavy atom. The molecule has 0 saturated carbocycles. The van der Waals surface area contributed by atoms with Crippen molar-refractivity contribution in [3.63, 3.8) is 0 Å². The van der Waals surface area contributed by atoms with Gasteiger partial charge in [0.2, 0.25) is 5.95 Å². The van der Waals surface area contributed by atoms with E-state index < -0.39 is 0 Å². The molecule has 0 aliphatic carbocycles. The molecule has 1 aliphatic rings. The highest BCUT2D eigenvalue weighted by Crippen LogP contribution is 2.25. The van der Waals surface area contributed by atoms with Crippen molar-refractivity contribution in [3.8, 4) is 11.3 Å². The third-order valence-corrected chi connectivity index (χ3v) is 4.31. The highest BCUT2D eigenvalue weighted by molar-refractivity contribution is 5.90. The number of benzene rings is 1. The van der Waals surface area contributed by atoms with Gasteiger partial charge >= 0.3 is 6.03 Å². The van der Waals surface area contributed by atoms with E-state index in [4.69, 9.17) is 5.73 Å². The molecule has 0 unspecified atom stereocenters. The van der Waals surface area contributed by atoms with Crippen LogP contribution in [-0.4, -0.2) is 60.7 Å². The molecule has 8 heteroatoms. The molecule has 4 N–H and O–H groups in total. The summed E-state index contributed by atoms with van der Waals surface area (Å²) in [4.78, 5) is 25.0. The Hall–Kier alpha value is -2.87. The molecule has 8 nitrogen and oxygen atoms in total. The molecule has 1 aromatic heterocycles. The maximum absolute atomic E-state index is 11.7. The highest BCUT2D eigenvalue weighted by Gasteiger charge is 2.17. The lowest BCUT2D eigenvalue weighted by Crippen LogP contribution is -2.44. The van der Waals surface area contributed by atoms with Crippen LogP contribution in [0.2, 0.25) is 0 Å². The van der Waals surface area contributed by atoms with Crippen LogP contribution in [0.5, 0.6) is 0 Å². The summed E-state index contributed by atoms with van der Waals surface area (Å²) in [5.74, 6) is 1.08. The summed E-state index contributed by atoms with van der Waals surface area (Å²) in [5, 5.41) is 5.52. The Kier molecular flexibility index (Phi) is 5.52. The second kappa shape index (κ2) is 8.01. The number of piperazine rings is 1. The van der Waals surface area contributed by atoms with Gasteiger partial charge in [-0.2, -0.15) is 4.98 Å². The van der Waals surface area contributed by atoms with Gasteiger partial charge in [0, 0.05) is 50.0 Å². The van der Waals surface area contributed by atoms with E-state index in [9.17, 15) is 4.79 Å². The number of anilines is 3. The molecule has 138 valence electrons. The summed E-state index contributed by atoms with van der Waals surface area (Å²) in [5.41, 5.74) is 8.27. The number of nitrogen functional groups attached to an aromatic ring is 1. The van der Waals surface area contributed by atoms with Gasteiger partial charge < -0.3 is 26.2 Å². The topological polar surface area (TPSA) is 99.4 Å². The van der Waals surface area contributed by atoms with Crippen LogP contribution in [0.1, 0.15) is 6.92 Å². The molecule has 2 heterocycles. The molecule has 2 aromatic rings. The summed E-state index contributed by atoms with van der Waals surface area (Å²) >= 11 is 0. The summed E-state index contributed by atoms with van der Waals surface area (Å²) in [6.45, 7) is 6.24. The van der Waals surface area contributed by atoms with Crippen molar-refractivity contribution in [2.75, 3.05) is 55.7 Å². The fraction of sp³-hybridized carbons (Fsp3) is 0.389. The van der Waals surface area contributed by atoms with E-state index >= 15 is 0 Å². The number of likely N-dealkylation sites (N-methyl/N-ethyl adjacent to an activating group) is 1. The first kappa shape index (κ1) is 17.9. The number of carbonyl (C=O) groups is 1. The Morgan fingerprint density at radius 3 is 2.69 bits per heavy atom. The van der Waals surface area contributed by atoms with Crippen LogP contribution >= 0.6 is 0 Å². The van der Waals surface area contributed by atoms with Crippen LogP contribution in [-0.2, 0) is 0 Å². The monoisotopic (exact) mass is 355 g/mol. The molecule has 1 aromatic carbocycles. The third kappa shape index (κ3) is 4.40. The molecular weight excluding hydrogens is 330 g/mol. The number of nitrogens with one attached hydrogen (secondary N) is 2. The van der Waals surface area contributed by atoms with E-state index in [2.05, 4.69) is 37.4 Å². The van der Waals surface area contributed by atoms with E-state index in [1.807, 2.05) is 37.3 Å². The van der Waals surface area contributed by atoms with Crippen molar-refractivity contribution in [3.05, 3.63) is 30.3 Å². The highest BCUT2D eigenvalue weighted by atomic mass is 16.2. The second-order valence-corrected chi connectivity index (χ2v) is 6.33. The Balaban J connectivity index is 1.84. The zero-order chi connectivity index (χ0) is 18.5. The van der Waals surface area contributed by atoms with Crippen molar-refractivity contribution in [2.24, 2.45) is 0 Å². The summed E-state index contributed by atoms with van der Waals surface area (Å²) in [6, 6.07) is 9.26.